The van der Waals surface area contributed by atoms with Crippen LogP contribution in [-0.2, 0) is 16.4 Å². The van der Waals surface area contributed by atoms with Gasteiger partial charge in [0.25, 0.3) is 0 Å². The Kier molecular flexibility index (Phi) is 5.22. The van der Waals surface area contributed by atoms with Crippen molar-refractivity contribution in [3.8, 4) is 0 Å². The molecule has 0 heterocycles. The molecule has 21 heavy (non-hydrogen) atoms. The highest BCUT2D eigenvalue weighted by Crippen LogP contribution is 2.24. The molecule has 0 aliphatic heterocycles. The average Bonchev–Trinajstić information content (AvgIpc) is 2.43. The van der Waals surface area contributed by atoms with Gasteiger partial charge in [0.15, 0.2) is 0 Å². The van der Waals surface area contributed by atoms with Crippen molar-refractivity contribution in [2.24, 2.45) is 0 Å². The third-order valence-corrected chi connectivity index (χ3v) is 4.98. The maximum Gasteiger partial charge on any atom is 0.242 e. The third kappa shape index (κ3) is 4.41. The van der Waals surface area contributed by atoms with E-state index in [-0.39, 0.29) is 22.3 Å². The van der Waals surface area contributed by atoms with Gasteiger partial charge in [-0.05, 0) is 42.3 Å². The molecule has 112 valence electrons. The van der Waals surface area contributed by atoms with E-state index in [9.17, 15) is 12.8 Å². The molecule has 3 nitrogen and oxygen atoms in total. The highest BCUT2D eigenvalue weighted by molar-refractivity contribution is 7.89. The lowest BCUT2D eigenvalue weighted by Gasteiger charge is -2.09. The number of hydrogen-bond acceptors (Lipinski definition) is 2. The zero-order chi connectivity index (χ0) is 15.5. The molecule has 0 bridgehead atoms. The monoisotopic (exact) mass is 347 g/mol. The summed E-state index contributed by atoms with van der Waals surface area (Å²) in [6.45, 7) is 0.177. The molecule has 0 radical (unpaired) electrons. The van der Waals surface area contributed by atoms with Crippen LogP contribution in [0.1, 0.15) is 5.56 Å². The zero-order valence-electron chi connectivity index (χ0n) is 10.8. The van der Waals surface area contributed by atoms with Crippen LogP contribution < -0.4 is 4.72 Å². The molecule has 0 unspecified atom stereocenters. The topological polar surface area (TPSA) is 46.2 Å². The van der Waals surface area contributed by atoms with Gasteiger partial charge in [-0.3, -0.25) is 0 Å². The van der Waals surface area contributed by atoms with Gasteiger partial charge in [0.05, 0.1) is 5.02 Å². The summed E-state index contributed by atoms with van der Waals surface area (Å²) in [5, 5.41) is 0.395. The molecule has 0 aliphatic rings. The Labute approximate surface area is 132 Å². The number of halogens is 3. The summed E-state index contributed by atoms with van der Waals surface area (Å²) in [5.74, 6) is -0.329. The lowest BCUT2D eigenvalue weighted by Crippen LogP contribution is -2.26. The van der Waals surface area contributed by atoms with Crippen LogP contribution in [0, 0.1) is 5.82 Å². The van der Waals surface area contributed by atoms with Crippen LogP contribution in [0.2, 0.25) is 10.0 Å². The fourth-order valence-corrected chi connectivity index (χ4v) is 3.53. The maximum absolute atomic E-state index is 12.8. The van der Waals surface area contributed by atoms with Gasteiger partial charge < -0.3 is 0 Å². The number of hydrogen-bond donors (Lipinski definition) is 1. The van der Waals surface area contributed by atoms with Crippen LogP contribution in [0.3, 0.4) is 0 Å². The molecular weight excluding hydrogens is 336 g/mol. The SMILES string of the molecule is O=S(=O)(NCCc1ccc(F)cc1)c1cc(Cl)ccc1Cl. The van der Waals surface area contributed by atoms with E-state index >= 15 is 0 Å². The van der Waals surface area contributed by atoms with Crippen molar-refractivity contribution in [2.75, 3.05) is 6.54 Å². The molecule has 0 saturated carbocycles. The standard InChI is InChI=1S/C14H12Cl2FNO2S/c15-11-3-6-13(16)14(9-11)21(19,20)18-8-7-10-1-4-12(17)5-2-10/h1-6,9,18H,7-8H2. The van der Waals surface area contributed by atoms with E-state index in [1.165, 1.54) is 30.3 Å². The second kappa shape index (κ2) is 6.75. The van der Waals surface area contributed by atoms with Gasteiger partial charge in [-0.1, -0.05) is 35.3 Å². The number of sulfonamides is 1. The summed E-state index contributed by atoms with van der Waals surface area (Å²) >= 11 is 11.7. The first kappa shape index (κ1) is 16.2. The van der Waals surface area contributed by atoms with Crippen LogP contribution in [0.5, 0.6) is 0 Å². The molecule has 2 rings (SSSR count). The third-order valence-electron chi connectivity index (χ3n) is 2.80. The highest BCUT2D eigenvalue weighted by Gasteiger charge is 2.17. The Balaban J connectivity index is 2.04. The number of nitrogens with one attached hydrogen (secondary N) is 1. The summed E-state index contributed by atoms with van der Waals surface area (Å²) in [6.07, 6.45) is 0.442. The Bertz CT molecular complexity index is 733. The van der Waals surface area contributed by atoms with Gasteiger partial charge in [0.2, 0.25) is 10.0 Å². The summed E-state index contributed by atoms with van der Waals surface area (Å²) < 4.78 is 39.5. The van der Waals surface area contributed by atoms with E-state index in [1.54, 1.807) is 12.1 Å². The van der Waals surface area contributed by atoms with E-state index in [0.717, 1.165) is 5.56 Å². The number of rotatable bonds is 5. The minimum atomic E-state index is -3.73. The molecule has 0 saturated heterocycles. The molecular formula is C14H12Cl2FNO2S. The van der Waals surface area contributed by atoms with E-state index in [4.69, 9.17) is 23.2 Å². The predicted molar refractivity (Wildman–Crippen MR) is 81.8 cm³/mol. The van der Waals surface area contributed by atoms with Crippen LogP contribution in [0.4, 0.5) is 4.39 Å². The van der Waals surface area contributed by atoms with Crippen LogP contribution in [-0.4, -0.2) is 15.0 Å². The molecule has 0 fully saturated rings. The van der Waals surface area contributed by atoms with Crippen molar-refractivity contribution in [2.45, 2.75) is 11.3 Å². The van der Waals surface area contributed by atoms with Crippen molar-refractivity contribution in [1.29, 1.82) is 0 Å². The molecule has 2 aromatic carbocycles. The molecule has 2 aromatic rings. The minimum Gasteiger partial charge on any atom is -0.211 e. The van der Waals surface area contributed by atoms with Crippen LogP contribution >= 0.6 is 23.2 Å². The first-order chi connectivity index (χ1) is 9.88. The lowest BCUT2D eigenvalue weighted by atomic mass is 10.1. The summed E-state index contributed by atoms with van der Waals surface area (Å²) in [6, 6.07) is 10.1. The van der Waals surface area contributed by atoms with Crippen LogP contribution in [0.15, 0.2) is 47.4 Å². The van der Waals surface area contributed by atoms with E-state index in [0.29, 0.717) is 11.4 Å². The van der Waals surface area contributed by atoms with Gasteiger partial charge in [0.1, 0.15) is 10.7 Å². The minimum absolute atomic E-state index is 0.0595. The average molecular weight is 348 g/mol. The summed E-state index contributed by atoms with van der Waals surface area (Å²) in [5.41, 5.74) is 0.830. The number of benzene rings is 2. The van der Waals surface area contributed by atoms with E-state index < -0.39 is 10.0 Å². The Hall–Kier alpha value is -1.14. The van der Waals surface area contributed by atoms with Gasteiger partial charge in [-0.25, -0.2) is 17.5 Å². The fourth-order valence-electron chi connectivity index (χ4n) is 1.74. The second-order valence-electron chi connectivity index (χ2n) is 4.35. The lowest BCUT2D eigenvalue weighted by molar-refractivity contribution is 0.581. The van der Waals surface area contributed by atoms with Crippen molar-refractivity contribution < 1.29 is 12.8 Å². The Morgan fingerprint density at radius 1 is 1.05 bits per heavy atom. The zero-order valence-corrected chi connectivity index (χ0v) is 13.1. The highest BCUT2D eigenvalue weighted by atomic mass is 35.5. The van der Waals surface area contributed by atoms with E-state index in [2.05, 4.69) is 4.72 Å². The van der Waals surface area contributed by atoms with Gasteiger partial charge in [-0.15, -0.1) is 0 Å². The van der Waals surface area contributed by atoms with Crippen molar-refractivity contribution >= 4 is 33.2 Å². The predicted octanol–water partition coefficient (Wildman–Crippen LogP) is 3.65. The second-order valence-corrected chi connectivity index (χ2v) is 6.93. The smallest absolute Gasteiger partial charge is 0.211 e. The largest absolute Gasteiger partial charge is 0.242 e. The van der Waals surface area contributed by atoms with Gasteiger partial charge in [-0.2, -0.15) is 0 Å². The van der Waals surface area contributed by atoms with Crippen molar-refractivity contribution in [1.82, 2.24) is 4.72 Å². The van der Waals surface area contributed by atoms with Crippen molar-refractivity contribution in [3.63, 3.8) is 0 Å². The van der Waals surface area contributed by atoms with Gasteiger partial charge in [0, 0.05) is 11.6 Å². The van der Waals surface area contributed by atoms with Crippen LogP contribution in [0.25, 0.3) is 0 Å². The summed E-state index contributed by atoms with van der Waals surface area (Å²) in [7, 11) is -3.73. The maximum atomic E-state index is 12.8. The molecule has 7 heteroatoms. The van der Waals surface area contributed by atoms with Crippen molar-refractivity contribution in [3.05, 3.63) is 63.9 Å². The Morgan fingerprint density at radius 3 is 2.38 bits per heavy atom. The molecule has 1 N–H and O–H groups in total. The van der Waals surface area contributed by atoms with E-state index in [1.807, 2.05) is 0 Å². The Morgan fingerprint density at radius 2 is 1.71 bits per heavy atom. The summed E-state index contributed by atoms with van der Waals surface area (Å²) in [4.78, 5) is -0.0595. The first-order valence-electron chi connectivity index (χ1n) is 6.08. The molecule has 0 amide bonds. The first-order valence-corrected chi connectivity index (χ1v) is 8.31. The molecule has 0 spiro atoms. The fraction of sp³-hybridized carbons (Fsp3) is 0.143. The molecule has 0 aromatic heterocycles. The van der Waals surface area contributed by atoms with Gasteiger partial charge >= 0.3 is 0 Å². The quantitative estimate of drug-likeness (QED) is 0.897. The molecule has 0 atom stereocenters. The molecule has 0 aliphatic carbocycles. The normalized spacial score (nSPS) is 11.6.